The lowest BCUT2D eigenvalue weighted by Gasteiger charge is -2.07. The highest BCUT2D eigenvalue weighted by Crippen LogP contribution is 2.21. The van der Waals surface area contributed by atoms with Gasteiger partial charge in [0.2, 0.25) is 0 Å². The second-order valence-corrected chi connectivity index (χ2v) is 4.32. The van der Waals surface area contributed by atoms with Crippen molar-refractivity contribution in [2.45, 2.75) is 26.7 Å². The molecule has 7 heteroatoms. The van der Waals surface area contributed by atoms with Crippen molar-refractivity contribution in [3.05, 3.63) is 39.7 Å². The van der Waals surface area contributed by atoms with Gasteiger partial charge in [0.15, 0.2) is 5.82 Å². The molecule has 0 bridgehead atoms. The van der Waals surface area contributed by atoms with Crippen molar-refractivity contribution in [3.63, 3.8) is 0 Å². The third-order valence-electron chi connectivity index (χ3n) is 3.04. The average molecular weight is 275 g/mol. The van der Waals surface area contributed by atoms with Crippen LogP contribution in [0.4, 0.5) is 11.5 Å². The Bertz CT molecular complexity index is 636. The van der Waals surface area contributed by atoms with Crippen molar-refractivity contribution in [1.82, 2.24) is 14.8 Å². The van der Waals surface area contributed by atoms with Gasteiger partial charge in [-0.3, -0.25) is 10.1 Å². The number of nitro groups is 1. The number of anilines is 1. The van der Waals surface area contributed by atoms with Crippen molar-refractivity contribution < 1.29 is 4.92 Å². The first-order valence-corrected chi connectivity index (χ1v) is 6.51. The standard InChI is InChI=1S/C13H17N5O2/c1-4-9-6-10(5-2)17(16-9)13-8-11(18(19)20)7-12(14-3)15-13/h6-8H,4-5H2,1-3H3,(H,14,15). The predicted molar refractivity (Wildman–Crippen MR) is 76.3 cm³/mol. The Kier molecular flexibility index (Phi) is 3.97. The van der Waals surface area contributed by atoms with E-state index in [1.54, 1.807) is 11.7 Å². The molecule has 106 valence electrons. The van der Waals surface area contributed by atoms with Crippen LogP contribution in [-0.2, 0) is 12.8 Å². The van der Waals surface area contributed by atoms with E-state index in [0.717, 1.165) is 24.2 Å². The Balaban J connectivity index is 2.59. The molecule has 2 rings (SSSR count). The van der Waals surface area contributed by atoms with E-state index in [2.05, 4.69) is 15.4 Å². The molecule has 0 spiro atoms. The van der Waals surface area contributed by atoms with E-state index in [4.69, 9.17) is 0 Å². The first kappa shape index (κ1) is 14.0. The zero-order valence-electron chi connectivity index (χ0n) is 11.8. The number of aryl methyl sites for hydroxylation is 2. The smallest absolute Gasteiger partial charge is 0.276 e. The molecule has 0 fully saturated rings. The fourth-order valence-electron chi connectivity index (χ4n) is 1.94. The van der Waals surface area contributed by atoms with Crippen LogP contribution in [0.3, 0.4) is 0 Å². The molecule has 2 aromatic rings. The molecule has 0 amide bonds. The van der Waals surface area contributed by atoms with Crippen LogP contribution in [0.25, 0.3) is 5.82 Å². The Morgan fingerprint density at radius 1 is 1.30 bits per heavy atom. The Hall–Kier alpha value is -2.44. The first-order chi connectivity index (χ1) is 9.58. The number of pyridine rings is 1. The fraction of sp³-hybridized carbons (Fsp3) is 0.385. The second kappa shape index (κ2) is 5.68. The van der Waals surface area contributed by atoms with Gasteiger partial charge in [0.05, 0.1) is 22.7 Å². The van der Waals surface area contributed by atoms with E-state index in [1.165, 1.54) is 12.1 Å². The van der Waals surface area contributed by atoms with Crippen molar-refractivity contribution >= 4 is 11.5 Å². The van der Waals surface area contributed by atoms with Crippen molar-refractivity contribution in [1.29, 1.82) is 0 Å². The molecule has 2 heterocycles. The van der Waals surface area contributed by atoms with E-state index in [-0.39, 0.29) is 5.69 Å². The van der Waals surface area contributed by atoms with Crippen LogP contribution < -0.4 is 5.32 Å². The number of nitrogens with zero attached hydrogens (tertiary/aromatic N) is 4. The van der Waals surface area contributed by atoms with E-state index < -0.39 is 4.92 Å². The fourth-order valence-corrected chi connectivity index (χ4v) is 1.94. The Morgan fingerprint density at radius 3 is 2.60 bits per heavy atom. The highest BCUT2D eigenvalue weighted by Gasteiger charge is 2.15. The minimum absolute atomic E-state index is 0.00467. The molecule has 0 aliphatic rings. The van der Waals surface area contributed by atoms with Crippen LogP contribution >= 0.6 is 0 Å². The van der Waals surface area contributed by atoms with Gasteiger partial charge in [-0.1, -0.05) is 13.8 Å². The molecular weight excluding hydrogens is 258 g/mol. The van der Waals surface area contributed by atoms with Gasteiger partial charge < -0.3 is 5.32 Å². The number of rotatable bonds is 5. The maximum absolute atomic E-state index is 11.0. The first-order valence-electron chi connectivity index (χ1n) is 6.51. The molecular formula is C13H17N5O2. The quantitative estimate of drug-likeness (QED) is 0.668. The zero-order valence-corrected chi connectivity index (χ0v) is 11.8. The summed E-state index contributed by atoms with van der Waals surface area (Å²) >= 11 is 0. The van der Waals surface area contributed by atoms with Gasteiger partial charge in [0, 0.05) is 12.7 Å². The number of nitrogens with one attached hydrogen (secondary N) is 1. The highest BCUT2D eigenvalue weighted by atomic mass is 16.6. The lowest BCUT2D eigenvalue weighted by atomic mass is 10.2. The molecule has 0 atom stereocenters. The van der Waals surface area contributed by atoms with Crippen molar-refractivity contribution in [2.75, 3.05) is 12.4 Å². The Labute approximate surface area is 116 Å². The number of aromatic nitrogens is 3. The summed E-state index contributed by atoms with van der Waals surface area (Å²) in [6, 6.07) is 4.84. The average Bonchev–Trinajstić information content (AvgIpc) is 2.90. The molecule has 0 saturated heterocycles. The lowest BCUT2D eigenvalue weighted by molar-refractivity contribution is -0.384. The zero-order chi connectivity index (χ0) is 14.7. The highest BCUT2D eigenvalue weighted by molar-refractivity contribution is 5.50. The molecule has 0 radical (unpaired) electrons. The molecule has 0 aliphatic carbocycles. The third-order valence-corrected chi connectivity index (χ3v) is 3.04. The maximum atomic E-state index is 11.0. The largest absolute Gasteiger partial charge is 0.373 e. The summed E-state index contributed by atoms with van der Waals surface area (Å²) < 4.78 is 1.67. The van der Waals surface area contributed by atoms with Gasteiger partial charge in [-0.05, 0) is 18.9 Å². The van der Waals surface area contributed by atoms with Gasteiger partial charge in [0.25, 0.3) is 5.69 Å². The maximum Gasteiger partial charge on any atom is 0.276 e. The molecule has 0 saturated carbocycles. The Morgan fingerprint density at radius 2 is 2.05 bits per heavy atom. The van der Waals surface area contributed by atoms with Gasteiger partial charge >= 0.3 is 0 Å². The predicted octanol–water partition coefficient (Wildman–Crippen LogP) is 2.34. The van der Waals surface area contributed by atoms with Crippen LogP contribution in [0.2, 0.25) is 0 Å². The third kappa shape index (κ3) is 2.61. The van der Waals surface area contributed by atoms with E-state index >= 15 is 0 Å². The van der Waals surface area contributed by atoms with Gasteiger partial charge in [0.1, 0.15) is 5.82 Å². The van der Waals surface area contributed by atoms with E-state index in [1.807, 2.05) is 19.9 Å². The van der Waals surface area contributed by atoms with E-state index in [9.17, 15) is 10.1 Å². The SMILES string of the molecule is CCc1cc(CC)n(-c2cc([N+](=O)[O-])cc(NC)n2)n1. The number of hydrogen-bond donors (Lipinski definition) is 1. The molecule has 0 aromatic carbocycles. The normalized spacial score (nSPS) is 10.6. The van der Waals surface area contributed by atoms with Crippen LogP contribution in [0.5, 0.6) is 0 Å². The summed E-state index contributed by atoms with van der Waals surface area (Å²) in [5.41, 5.74) is 1.92. The molecule has 0 unspecified atom stereocenters. The molecule has 2 aromatic heterocycles. The molecule has 1 N–H and O–H groups in total. The second-order valence-electron chi connectivity index (χ2n) is 4.32. The molecule has 7 nitrogen and oxygen atoms in total. The topological polar surface area (TPSA) is 85.9 Å². The van der Waals surface area contributed by atoms with Gasteiger partial charge in [-0.2, -0.15) is 5.10 Å². The summed E-state index contributed by atoms with van der Waals surface area (Å²) in [5, 5.41) is 18.3. The van der Waals surface area contributed by atoms with Crippen LogP contribution in [-0.4, -0.2) is 26.7 Å². The van der Waals surface area contributed by atoms with Crippen LogP contribution in [0.15, 0.2) is 18.2 Å². The summed E-state index contributed by atoms with van der Waals surface area (Å²) in [4.78, 5) is 14.9. The molecule has 0 aliphatic heterocycles. The van der Waals surface area contributed by atoms with Crippen LogP contribution in [0.1, 0.15) is 25.2 Å². The molecule has 20 heavy (non-hydrogen) atoms. The van der Waals surface area contributed by atoms with Gasteiger partial charge in [-0.15, -0.1) is 0 Å². The van der Waals surface area contributed by atoms with Crippen molar-refractivity contribution in [2.24, 2.45) is 0 Å². The van der Waals surface area contributed by atoms with Crippen LogP contribution in [0, 0.1) is 10.1 Å². The summed E-state index contributed by atoms with van der Waals surface area (Å²) in [5.74, 6) is 0.907. The van der Waals surface area contributed by atoms with Gasteiger partial charge in [-0.25, -0.2) is 9.67 Å². The lowest BCUT2D eigenvalue weighted by Crippen LogP contribution is -2.07. The number of hydrogen-bond acceptors (Lipinski definition) is 5. The monoisotopic (exact) mass is 275 g/mol. The summed E-state index contributed by atoms with van der Waals surface area (Å²) in [7, 11) is 1.68. The van der Waals surface area contributed by atoms with Crippen molar-refractivity contribution in [3.8, 4) is 5.82 Å². The minimum Gasteiger partial charge on any atom is -0.373 e. The summed E-state index contributed by atoms with van der Waals surface area (Å²) in [6.07, 6.45) is 1.60. The van der Waals surface area contributed by atoms with E-state index in [0.29, 0.717) is 11.6 Å². The summed E-state index contributed by atoms with van der Waals surface area (Å²) in [6.45, 7) is 4.04. The minimum atomic E-state index is -0.429.